The van der Waals surface area contributed by atoms with Crippen molar-refractivity contribution < 1.29 is 8.76 Å². The van der Waals surface area contributed by atoms with Crippen LogP contribution in [0.5, 0.6) is 0 Å². The van der Waals surface area contributed by atoms with E-state index in [1.807, 2.05) is 6.92 Å². The van der Waals surface area contributed by atoms with Gasteiger partial charge in [-0.1, -0.05) is 12.1 Å². The molecule has 0 saturated carbocycles. The maximum atomic E-state index is 10.6. The smallest absolute Gasteiger partial charge is 0.186 e. The van der Waals surface area contributed by atoms with Crippen LogP contribution in [0.15, 0.2) is 29.2 Å². The topological polar surface area (TPSA) is 63.3 Å². The van der Waals surface area contributed by atoms with Crippen LogP contribution in [0.2, 0.25) is 0 Å². The molecule has 66 valence electrons. The summed E-state index contributed by atoms with van der Waals surface area (Å²) in [6.07, 6.45) is 0. The average molecular weight is 185 g/mol. The second-order valence-corrected chi connectivity index (χ2v) is 3.58. The Kier molecular flexibility index (Phi) is 2.97. The van der Waals surface area contributed by atoms with Crippen LogP contribution in [-0.4, -0.2) is 8.76 Å². The summed E-state index contributed by atoms with van der Waals surface area (Å²) < 4.78 is 19.3. The lowest BCUT2D eigenvalue weighted by atomic mass is 10.1. The molecule has 3 nitrogen and oxygen atoms in total. The minimum absolute atomic E-state index is 0.0359. The van der Waals surface area contributed by atoms with Gasteiger partial charge < -0.3 is 10.3 Å². The number of rotatable bonds is 2. The van der Waals surface area contributed by atoms with E-state index in [1.165, 1.54) is 0 Å². The van der Waals surface area contributed by atoms with Gasteiger partial charge in [0.05, 0.1) is 4.90 Å². The minimum Gasteiger partial charge on any atom is -0.324 e. The summed E-state index contributed by atoms with van der Waals surface area (Å²) in [5, 5.41) is 0. The monoisotopic (exact) mass is 185 g/mol. The Morgan fingerprint density at radius 2 is 1.92 bits per heavy atom. The predicted octanol–water partition coefficient (Wildman–Crippen LogP) is 1.29. The van der Waals surface area contributed by atoms with Crippen molar-refractivity contribution in [2.45, 2.75) is 17.9 Å². The van der Waals surface area contributed by atoms with Crippen LogP contribution >= 0.6 is 0 Å². The van der Waals surface area contributed by atoms with Gasteiger partial charge in [-0.2, -0.15) is 0 Å². The fourth-order valence-corrected chi connectivity index (χ4v) is 1.26. The Morgan fingerprint density at radius 3 is 2.25 bits per heavy atom. The van der Waals surface area contributed by atoms with Crippen LogP contribution in [0.25, 0.3) is 0 Å². The Balaban J connectivity index is 2.93. The van der Waals surface area contributed by atoms with Crippen molar-refractivity contribution in [3.05, 3.63) is 29.8 Å². The van der Waals surface area contributed by atoms with Crippen molar-refractivity contribution in [3.8, 4) is 0 Å². The van der Waals surface area contributed by atoms with Crippen LogP contribution < -0.4 is 5.73 Å². The molecule has 0 aliphatic rings. The van der Waals surface area contributed by atoms with Gasteiger partial charge >= 0.3 is 0 Å². The molecule has 0 saturated heterocycles. The highest BCUT2D eigenvalue weighted by Gasteiger charge is 2.01. The van der Waals surface area contributed by atoms with Gasteiger partial charge in [0.1, 0.15) is 0 Å². The molecular formula is C8H11NO2S. The third-order valence-electron chi connectivity index (χ3n) is 1.61. The molecule has 0 aliphatic carbocycles. The zero-order valence-electron chi connectivity index (χ0n) is 6.73. The molecule has 0 amide bonds. The molecular weight excluding hydrogens is 174 g/mol. The first-order valence-corrected chi connectivity index (χ1v) is 4.68. The first-order chi connectivity index (χ1) is 5.61. The highest BCUT2D eigenvalue weighted by Crippen LogP contribution is 2.12. The normalized spacial score (nSPS) is 15.6. The summed E-state index contributed by atoms with van der Waals surface area (Å²) in [5.41, 5.74) is 6.56. The SMILES string of the molecule is CC(N)c1ccc(S(=O)O)cc1. The summed E-state index contributed by atoms with van der Waals surface area (Å²) in [5.74, 6) is 0. The molecule has 1 aromatic rings. The maximum absolute atomic E-state index is 10.6. The maximum Gasteiger partial charge on any atom is 0.186 e. The molecule has 4 heteroatoms. The molecule has 2 unspecified atom stereocenters. The molecule has 0 heterocycles. The molecule has 0 aliphatic heterocycles. The molecule has 0 radical (unpaired) electrons. The minimum atomic E-state index is -1.89. The molecule has 12 heavy (non-hydrogen) atoms. The third-order valence-corrected chi connectivity index (χ3v) is 2.28. The highest BCUT2D eigenvalue weighted by molar-refractivity contribution is 7.79. The Bertz CT molecular complexity index is 282. The first kappa shape index (κ1) is 9.38. The number of benzene rings is 1. The van der Waals surface area contributed by atoms with Crippen molar-refractivity contribution >= 4 is 11.1 Å². The lowest BCUT2D eigenvalue weighted by Crippen LogP contribution is -2.04. The van der Waals surface area contributed by atoms with Gasteiger partial charge in [0.25, 0.3) is 0 Å². The zero-order chi connectivity index (χ0) is 9.14. The van der Waals surface area contributed by atoms with Crippen molar-refractivity contribution in [1.29, 1.82) is 0 Å². The Labute approximate surface area is 73.9 Å². The molecule has 1 rings (SSSR count). The van der Waals surface area contributed by atoms with Crippen molar-refractivity contribution in [2.24, 2.45) is 5.73 Å². The molecule has 1 aromatic carbocycles. The van der Waals surface area contributed by atoms with E-state index >= 15 is 0 Å². The first-order valence-electron chi connectivity index (χ1n) is 3.57. The van der Waals surface area contributed by atoms with Crippen LogP contribution in [-0.2, 0) is 11.1 Å². The van der Waals surface area contributed by atoms with Crippen molar-refractivity contribution in [3.63, 3.8) is 0 Å². The fourth-order valence-electron chi connectivity index (χ4n) is 0.888. The van der Waals surface area contributed by atoms with E-state index in [0.29, 0.717) is 4.90 Å². The second kappa shape index (κ2) is 3.80. The van der Waals surface area contributed by atoms with Crippen LogP contribution in [0.4, 0.5) is 0 Å². The third kappa shape index (κ3) is 2.14. The fraction of sp³-hybridized carbons (Fsp3) is 0.250. The second-order valence-electron chi connectivity index (χ2n) is 2.61. The summed E-state index contributed by atoms with van der Waals surface area (Å²) in [6, 6.07) is 6.69. The molecule has 0 fully saturated rings. The average Bonchev–Trinajstić information content (AvgIpc) is 2.04. The molecule has 3 N–H and O–H groups in total. The van der Waals surface area contributed by atoms with Gasteiger partial charge in [-0.15, -0.1) is 0 Å². The van der Waals surface area contributed by atoms with Gasteiger partial charge in [-0.25, -0.2) is 4.21 Å². The van der Waals surface area contributed by atoms with Gasteiger partial charge in [0.2, 0.25) is 0 Å². The summed E-state index contributed by atoms with van der Waals surface area (Å²) in [7, 11) is 0. The lowest BCUT2D eigenvalue weighted by molar-refractivity contribution is 0.564. The molecule has 0 spiro atoms. The van der Waals surface area contributed by atoms with Gasteiger partial charge in [0.15, 0.2) is 11.1 Å². The van der Waals surface area contributed by atoms with Gasteiger partial charge in [-0.05, 0) is 24.6 Å². The van der Waals surface area contributed by atoms with Crippen molar-refractivity contribution in [1.82, 2.24) is 0 Å². The number of hydrogen-bond donors (Lipinski definition) is 2. The lowest BCUT2D eigenvalue weighted by Gasteiger charge is -2.04. The van der Waals surface area contributed by atoms with E-state index in [4.69, 9.17) is 10.3 Å². The van der Waals surface area contributed by atoms with E-state index in [0.717, 1.165) is 5.56 Å². The van der Waals surface area contributed by atoms with E-state index < -0.39 is 11.1 Å². The van der Waals surface area contributed by atoms with Crippen LogP contribution in [0, 0.1) is 0 Å². The zero-order valence-corrected chi connectivity index (χ0v) is 7.54. The van der Waals surface area contributed by atoms with E-state index in [1.54, 1.807) is 24.3 Å². The molecule has 2 atom stereocenters. The largest absolute Gasteiger partial charge is 0.324 e. The predicted molar refractivity (Wildman–Crippen MR) is 48.1 cm³/mol. The number of hydrogen-bond acceptors (Lipinski definition) is 2. The molecule has 0 aromatic heterocycles. The summed E-state index contributed by atoms with van der Waals surface area (Å²) in [6.45, 7) is 1.87. The van der Waals surface area contributed by atoms with Crippen LogP contribution in [0.3, 0.4) is 0 Å². The Morgan fingerprint density at radius 1 is 1.42 bits per heavy atom. The highest BCUT2D eigenvalue weighted by atomic mass is 32.2. The Hall–Kier alpha value is -0.710. The standard InChI is InChI=1S/C8H11NO2S/c1-6(9)7-2-4-8(5-3-7)12(10)11/h2-6H,9H2,1H3,(H,10,11). The van der Waals surface area contributed by atoms with Gasteiger partial charge in [-0.3, -0.25) is 0 Å². The summed E-state index contributed by atoms with van der Waals surface area (Å²) >= 11 is -1.89. The van der Waals surface area contributed by atoms with E-state index in [9.17, 15) is 4.21 Å². The van der Waals surface area contributed by atoms with Crippen LogP contribution in [0.1, 0.15) is 18.5 Å². The van der Waals surface area contributed by atoms with Gasteiger partial charge in [0, 0.05) is 6.04 Å². The van der Waals surface area contributed by atoms with E-state index in [-0.39, 0.29) is 6.04 Å². The van der Waals surface area contributed by atoms with Crippen molar-refractivity contribution in [2.75, 3.05) is 0 Å². The molecule has 0 bridgehead atoms. The number of nitrogens with two attached hydrogens (primary N) is 1. The summed E-state index contributed by atoms with van der Waals surface area (Å²) in [4.78, 5) is 0.402. The van der Waals surface area contributed by atoms with E-state index in [2.05, 4.69) is 0 Å². The quantitative estimate of drug-likeness (QED) is 0.682.